The second kappa shape index (κ2) is 7.61. The Morgan fingerprint density at radius 3 is 2.74 bits per heavy atom. The molecule has 31 heavy (non-hydrogen) atoms. The van der Waals surface area contributed by atoms with E-state index in [-0.39, 0.29) is 17.8 Å². The highest BCUT2D eigenvalue weighted by atomic mass is 19.1. The Kier molecular flexibility index (Phi) is 4.77. The van der Waals surface area contributed by atoms with Gasteiger partial charge in [-0.15, -0.1) is 4.80 Å². The zero-order valence-corrected chi connectivity index (χ0v) is 17.3. The fraction of sp³-hybridized carbons (Fsp3) is 0.304. The average Bonchev–Trinajstić information content (AvgIpc) is 3.43. The molecule has 0 N–H and O–H groups in total. The molecule has 0 bridgehead atoms. The molecule has 2 aromatic carbocycles. The van der Waals surface area contributed by atoms with Crippen LogP contribution in [0.3, 0.4) is 0 Å². The standard InChI is InChI=1S/C23H22FN5O2/c1-14-9-17(13-30)22(29-25-7-8-26-29)20(10-14)28-12-16(4-3-15(28)2)23-27-19-11-18(24)5-6-21(19)31-23/h5-11,13,15-16H,3-4,12H2,1-2H3/t15-,16-/m1/s1. The summed E-state index contributed by atoms with van der Waals surface area (Å²) in [7, 11) is 0. The number of hydrogen-bond donors (Lipinski definition) is 0. The third-order valence-corrected chi connectivity index (χ3v) is 5.92. The summed E-state index contributed by atoms with van der Waals surface area (Å²) in [6.45, 7) is 4.80. The molecule has 0 saturated carbocycles. The minimum atomic E-state index is -0.330. The predicted molar refractivity (Wildman–Crippen MR) is 114 cm³/mol. The Hall–Kier alpha value is -3.55. The predicted octanol–water partition coefficient (Wildman–Crippen LogP) is 4.44. The molecule has 1 fully saturated rings. The molecule has 1 aliphatic rings. The van der Waals surface area contributed by atoms with Crippen molar-refractivity contribution in [1.82, 2.24) is 20.0 Å². The number of oxazole rings is 1. The summed E-state index contributed by atoms with van der Waals surface area (Å²) in [5.74, 6) is 0.327. The van der Waals surface area contributed by atoms with Gasteiger partial charge >= 0.3 is 0 Å². The summed E-state index contributed by atoms with van der Waals surface area (Å²) in [4.78, 5) is 20.2. The van der Waals surface area contributed by atoms with Crippen molar-refractivity contribution in [2.24, 2.45) is 0 Å². The van der Waals surface area contributed by atoms with Crippen LogP contribution in [-0.4, -0.2) is 38.9 Å². The monoisotopic (exact) mass is 419 g/mol. The van der Waals surface area contributed by atoms with E-state index in [0.717, 1.165) is 30.4 Å². The quantitative estimate of drug-likeness (QED) is 0.455. The van der Waals surface area contributed by atoms with Gasteiger partial charge in [-0.2, -0.15) is 10.2 Å². The SMILES string of the molecule is Cc1cc(C=O)c(-n2nccn2)c(N2C[C@H](c3nc4cc(F)ccc4o3)CC[C@H]2C)c1. The molecule has 5 rings (SSSR count). The number of aromatic nitrogens is 4. The van der Waals surface area contributed by atoms with Gasteiger partial charge in [-0.25, -0.2) is 9.37 Å². The van der Waals surface area contributed by atoms with Gasteiger partial charge in [-0.1, -0.05) is 0 Å². The Morgan fingerprint density at radius 2 is 1.97 bits per heavy atom. The molecule has 158 valence electrons. The van der Waals surface area contributed by atoms with E-state index in [9.17, 15) is 9.18 Å². The number of aldehydes is 1. The molecule has 1 aliphatic heterocycles. The fourth-order valence-corrected chi connectivity index (χ4v) is 4.38. The maximum atomic E-state index is 13.6. The Morgan fingerprint density at radius 1 is 1.16 bits per heavy atom. The largest absolute Gasteiger partial charge is 0.440 e. The average molecular weight is 419 g/mol. The van der Waals surface area contributed by atoms with Gasteiger partial charge in [0.1, 0.15) is 17.0 Å². The van der Waals surface area contributed by atoms with Gasteiger partial charge in [0.2, 0.25) is 0 Å². The van der Waals surface area contributed by atoms with Gasteiger partial charge < -0.3 is 9.32 Å². The number of carbonyl (C=O) groups excluding carboxylic acids is 1. The Labute approximate surface area is 178 Å². The summed E-state index contributed by atoms with van der Waals surface area (Å²) in [6, 6.07) is 8.53. The summed E-state index contributed by atoms with van der Waals surface area (Å²) < 4.78 is 19.5. The molecule has 0 amide bonds. The molecule has 2 aromatic heterocycles. The second-order valence-corrected chi connectivity index (χ2v) is 8.10. The first-order valence-corrected chi connectivity index (χ1v) is 10.3. The molecule has 3 heterocycles. The highest BCUT2D eigenvalue weighted by Gasteiger charge is 2.32. The lowest BCUT2D eigenvalue weighted by Crippen LogP contribution is -2.42. The number of carbonyl (C=O) groups is 1. The summed E-state index contributed by atoms with van der Waals surface area (Å²) in [5, 5.41) is 8.55. The molecule has 7 nitrogen and oxygen atoms in total. The molecule has 8 heteroatoms. The van der Waals surface area contributed by atoms with E-state index in [2.05, 4.69) is 33.1 Å². The van der Waals surface area contributed by atoms with Crippen molar-refractivity contribution < 1.29 is 13.6 Å². The molecule has 0 spiro atoms. The molecular weight excluding hydrogens is 397 g/mol. The maximum Gasteiger partial charge on any atom is 0.200 e. The van der Waals surface area contributed by atoms with Crippen LogP contribution in [0, 0.1) is 12.7 Å². The summed E-state index contributed by atoms with van der Waals surface area (Å²) in [6.07, 6.45) is 5.87. The molecule has 0 aliphatic carbocycles. The third kappa shape index (κ3) is 3.48. The van der Waals surface area contributed by atoms with Gasteiger partial charge in [-0.05, 0) is 56.5 Å². The summed E-state index contributed by atoms with van der Waals surface area (Å²) >= 11 is 0. The topological polar surface area (TPSA) is 77.1 Å². The van der Waals surface area contributed by atoms with Crippen LogP contribution in [-0.2, 0) is 0 Å². The van der Waals surface area contributed by atoms with Crippen LogP contribution in [0.4, 0.5) is 10.1 Å². The molecule has 0 unspecified atom stereocenters. The zero-order chi connectivity index (χ0) is 21.5. The van der Waals surface area contributed by atoms with Gasteiger partial charge in [0.05, 0.1) is 24.0 Å². The number of rotatable bonds is 4. The first kappa shape index (κ1) is 19.4. The number of fused-ring (bicyclic) bond motifs is 1. The number of nitrogens with zero attached hydrogens (tertiary/aromatic N) is 5. The van der Waals surface area contributed by atoms with Crippen molar-refractivity contribution in [3.63, 3.8) is 0 Å². The lowest BCUT2D eigenvalue weighted by atomic mass is 9.92. The number of benzene rings is 2. The number of aryl methyl sites for hydroxylation is 1. The van der Waals surface area contributed by atoms with E-state index in [1.54, 1.807) is 18.5 Å². The fourth-order valence-electron chi connectivity index (χ4n) is 4.38. The minimum Gasteiger partial charge on any atom is -0.440 e. The third-order valence-electron chi connectivity index (χ3n) is 5.92. The first-order valence-electron chi connectivity index (χ1n) is 10.3. The number of hydrogen-bond acceptors (Lipinski definition) is 6. The van der Waals surface area contributed by atoms with Crippen molar-refractivity contribution >= 4 is 23.1 Å². The zero-order valence-electron chi connectivity index (χ0n) is 17.3. The normalized spacial score (nSPS) is 19.1. The molecule has 2 atom stereocenters. The van der Waals surface area contributed by atoms with Crippen molar-refractivity contribution in [3.8, 4) is 5.69 Å². The van der Waals surface area contributed by atoms with Crippen LogP contribution >= 0.6 is 0 Å². The number of piperidine rings is 1. The summed E-state index contributed by atoms with van der Waals surface area (Å²) in [5.41, 5.74) is 4.20. The van der Waals surface area contributed by atoms with Crippen LogP contribution < -0.4 is 4.90 Å². The molecule has 1 saturated heterocycles. The highest BCUT2D eigenvalue weighted by Crippen LogP contribution is 2.37. The van der Waals surface area contributed by atoms with Crippen molar-refractivity contribution in [2.45, 2.75) is 38.6 Å². The van der Waals surface area contributed by atoms with E-state index in [1.165, 1.54) is 16.9 Å². The smallest absolute Gasteiger partial charge is 0.200 e. The minimum absolute atomic E-state index is 0.0466. The van der Waals surface area contributed by atoms with Gasteiger partial charge in [0.15, 0.2) is 17.8 Å². The lowest BCUT2D eigenvalue weighted by molar-refractivity contribution is 0.112. The van der Waals surface area contributed by atoms with Crippen LogP contribution in [0.15, 0.2) is 47.1 Å². The Bertz CT molecular complexity index is 1250. The van der Waals surface area contributed by atoms with Crippen LogP contribution in [0.5, 0.6) is 0 Å². The molecular formula is C23H22FN5O2. The first-order chi connectivity index (χ1) is 15.0. The van der Waals surface area contributed by atoms with E-state index in [4.69, 9.17) is 4.42 Å². The maximum absolute atomic E-state index is 13.6. The number of anilines is 1. The van der Waals surface area contributed by atoms with E-state index in [0.29, 0.717) is 34.8 Å². The van der Waals surface area contributed by atoms with E-state index in [1.807, 2.05) is 13.0 Å². The van der Waals surface area contributed by atoms with Gasteiger partial charge in [0.25, 0.3) is 0 Å². The number of halogens is 1. The molecule has 0 radical (unpaired) electrons. The highest BCUT2D eigenvalue weighted by molar-refractivity contribution is 5.87. The lowest BCUT2D eigenvalue weighted by Gasteiger charge is -2.39. The van der Waals surface area contributed by atoms with Crippen LogP contribution in [0.2, 0.25) is 0 Å². The Balaban J connectivity index is 1.56. The van der Waals surface area contributed by atoms with E-state index >= 15 is 0 Å². The van der Waals surface area contributed by atoms with Gasteiger partial charge in [0, 0.05) is 24.2 Å². The van der Waals surface area contributed by atoms with E-state index < -0.39 is 0 Å². The van der Waals surface area contributed by atoms with Crippen LogP contribution in [0.1, 0.15) is 47.5 Å². The molecule has 4 aromatic rings. The van der Waals surface area contributed by atoms with Gasteiger partial charge in [-0.3, -0.25) is 4.79 Å². The van der Waals surface area contributed by atoms with Crippen LogP contribution in [0.25, 0.3) is 16.8 Å². The van der Waals surface area contributed by atoms with Crippen molar-refractivity contribution in [2.75, 3.05) is 11.4 Å². The van der Waals surface area contributed by atoms with Crippen molar-refractivity contribution in [3.05, 3.63) is 65.6 Å². The van der Waals surface area contributed by atoms with Crippen molar-refractivity contribution in [1.29, 1.82) is 0 Å². The second-order valence-electron chi connectivity index (χ2n) is 8.10.